The number of carbonyl (C=O) groups excluding carboxylic acids is 2. The molecule has 0 spiro atoms. The molecule has 3 aromatic carbocycles. The minimum atomic E-state index is -0.722. The van der Waals surface area contributed by atoms with E-state index < -0.39 is 17.7 Å². The van der Waals surface area contributed by atoms with E-state index in [2.05, 4.69) is 25.7 Å². The molecule has 1 fully saturated rings. The minimum Gasteiger partial charge on any atom is -0.507 e. The molecule has 5 heteroatoms. The van der Waals surface area contributed by atoms with E-state index in [1.54, 1.807) is 12.1 Å². The van der Waals surface area contributed by atoms with Crippen LogP contribution in [-0.4, -0.2) is 29.9 Å². The summed E-state index contributed by atoms with van der Waals surface area (Å²) in [5.41, 5.74) is 5.23. The maximum atomic E-state index is 13.4. The van der Waals surface area contributed by atoms with Crippen molar-refractivity contribution in [3.05, 3.63) is 101 Å². The fourth-order valence-electron chi connectivity index (χ4n) is 4.72. The summed E-state index contributed by atoms with van der Waals surface area (Å²) in [6.45, 7) is 9.98. The number of aliphatic hydroxyl groups excluding tert-OH is 1. The van der Waals surface area contributed by atoms with Crippen LogP contribution in [0.25, 0.3) is 5.76 Å². The SMILES string of the molecule is CCc1ccc(/C(O)=C2/C(=O)C(=O)N(c3ccc(N(CC)CC)cc3)C2c2cccc(C)c2)cc1. The number of benzene rings is 3. The third-order valence-corrected chi connectivity index (χ3v) is 6.69. The summed E-state index contributed by atoms with van der Waals surface area (Å²) in [5, 5.41) is 11.3. The maximum Gasteiger partial charge on any atom is 0.300 e. The van der Waals surface area contributed by atoms with Crippen molar-refractivity contribution in [1.82, 2.24) is 0 Å². The van der Waals surface area contributed by atoms with Gasteiger partial charge in [-0.25, -0.2) is 0 Å². The van der Waals surface area contributed by atoms with Gasteiger partial charge in [-0.15, -0.1) is 0 Å². The maximum absolute atomic E-state index is 13.4. The minimum absolute atomic E-state index is 0.109. The van der Waals surface area contributed by atoms with E-state index in [0.29, 0.717) is 11.3 Å². The first-order valence-corrected chi connectivity index (χ1v) is 12.2. The van der Waals surface area contributed by atoms with Crippen molar-refractivity contribution in [3.63, 3.8) is 0 Å². The number of ketones is 1. The smallest absolute Gasteiger partial charge is 0.300 e. The Balaban J connectivity index is 1.86. The van der Waals surface area contributed by atoms with Crippen molar-refractivity contribution in [2.24, 2.45) is 0 Å². The molecule has 1 aliphatic rings. The van der Waals surface area contributed by atoms with Gasteiger partial charge in [-0.05, 0) is 62.6 Å². The molecule has 0 aliphatic carbocycles. The standard InChI is InChI=1S/C30H32N2O3/c1-5-21-11-13-22(14-12-21)28(33)26-27(23-10-8-9-20(4)19-23)32(30(35)29(26)34)25-17-15-24(16-18-25)31(6-2)7-3/h8-19,27,33H,5-7H2,1-4H3/b28-26-. The second kappa shape index (κ2) is 10.2. The molecular weight excluding hydrogens is 436 g/mol. The summed E-state index contributed by atoms with van der Waals surface area (Å²) >= 11 is 0. The number of hydrogen-bond acceptors (Lipinski definition) is 4. The molecule has 1 amide bonds. The molecule has 180 valence electrons. The quantitative estimate of drug-likeness (QED) is 0.261. The van der Waals surface area contributed by atoms with Crippen molar-refractivity contribution >= 4 is 28.8 Å². The number of carbonyl (C=O) groups is 2. The van der Waals surface area contributed by atoms with E-state index in [0.717, 1.165) is 41.9 Å². The van der Waals surface area contributed by atoms with E-state index in [9.17, 15) is 14.7 Å². The summed E-state index contributed by atoms with van der Waals surface area (Å²) in [6, 6.07) is 22.2. The highest BCUT2D eigenvalue weighted by molar-refractivity contribution is 6.51. The Morgan fingerprint density at radius 3 is 2.14 bits per heavy atom. The van der Waals surface area contributed by atoms with Crippen LogP contribution in [0.2, 0.25) is 0 Å². The fraction of sp³-hybridized carbons (Fsp3) is 0.267. The lowest BCUT2D eigenvalue weighted by Gasteiger charge is -2.27. The van der Waals surface area contributed by atoms with Crippen LogP contribution in [0.15, 0.2) is 78.4 Å². The van der Waals surface area contributed by atoms with E-state index >= 15 is 0 Å². The summed E-state index contributed by atoms with van der Waals surface area (Å²) in [7, 11) is 0. The zero-order valence-corrected chi connectivity index (χ0v) is 20.8. The zero-order chi connectivity index (χ0) is 25.1. The highest BCUT2D eigenvalue weighted by Gasteiger charge is 2.47. The first-order valence-electron chi connectivity index (χ1n) is 12.2. The van der Waals surface area contributed by atoms with E-state index in [1.165, 1.54) is 4.90 Å². The number of Topliss-reactive ketones (excluding diaryl/α,β-unsaturated/α-hetero) is 1. The molecule has 5 nitrogen and oxygen atoms in total. The van der Waals surface area contributed by atoms with Gasteiger partial charge in [0.25, 0.3) is 11.7 Å². The molecule has 0 aromatic heterocycles. The Labute approximate surface area is 207 Å². The third kappa shape index (κ3) is 4.59. The van der Waals surface area contributed by atoms with Crippen molar-refractivity contribution in [1.29, 1.82) is 0 Å². The van der Waals surface area contributed by atoms with Crippen LogP contribution in [0, 0.1) is 6.92 Å². The van der Waals surface area contributed by atoms with Crippen LogP contribution in [0.3, 0.4) is 0 Å². The molecule has 1 heterocycles. The third-order valence-electron chi connectivity index (χ3n) is 6.69. The van der Waals surface area contributed by atoms with Gasteiger partial charge in [0.1, 0.15) is 5.76 Å². The highest BCUT2D eigenvalue weighted by atomic mass is 16.3. The number of rotatable bonds is 7. The molecule has 1 N–H and O–H groups in total. The van der Waals surface area contributed by atoms with Gasteiger partial charge < -0.3 is 10.0 Å². The normalized spacial score (nSPS) is 17.1. The van der Waals surface area contributed by atoms with Gasteiger partial charge in [-0.2, -0.15) is 0 Å². The van der Waals surface area contributed by atoms with Gasteiger partial charge in [-0.1, -0.05) is 61.0 Å². The molecule has 4 rings (SSSR count). The Kier molecular flexibility index (Phi) is 7.06. The number of aliphatic hydroxyl groups is 1. The lowest BCUT2D eigenvalue weighted by Crippen LogP contribution is -2.29. The van der Waals surface area contributed by atoms with Crippen LogP contribution in [-0.2, 0) is 16.0 Å². The van der Waals surface area contributed by atoms with Crippen LogP contribution in [0.1, 0.15) is 49.1 Å². The van der Waals surface area contributed by atoms with Crippen LogP contribution >= 0.6 is 0 Å². The Morgan fingerprint density at radius 1 is 0.914 bits per heavy atom. The average molecular weight is 469 g/mol. The molecular formula is C30H32N2O3. The summed E-state index contributed by atoms with van der Waals surface area (Å²) in [5.74, 6) is -1.47. The molecule has 0 radical (unpaired) electrons. The fourth-order valence-corrected chi connectivity index (χ4v) is 4.72. The van der Waals surface area contributed by atoms with E-state index in [-0.39, 0.29) is 11.3 Å². The number of hydrogen-bond donors (Lipinski definition) is 1. The van der Waals surface area contributed by atoms with E-state index in [4.69, 9.17) is 0 Å². The Hall–Kier alpha value is -3.86. The average Bonchev–Trinajstić information content (AvgIpc) is 3.15. The molecule has 1 atom stereocenters. The van der Waals surface area contributed by atoms with Crippen molar-refractivity contribution in [2.45, 2.75) is 40.2 Å². The van der Waals surface area contributed by atoms with E-state index in [1.807, 2.05) is 67.6 Å². The molecule has 0 bridgehead atoms. The monoisotopic (exact) mass is 468 g/mol. The second-order valence-corrected chi connectivity index (χ2v) is 8.82. The van der Waals surface area contributed by atoms with Crippen molar-refractivity contribution in [3.8, 4) is 0 Å². The highest BCUT2D eigenvalue weighted by Crippen LogP contribution is 2.42. The number of aryl methyl sites for hydroxylation is 2. The molecule has 35 heavy (non-hydrogen) atoms. The zero-order valence-electron chi connectivity index (χ0n) is 20.8. The predicted octanol–water partition coefficient (Wildman–Crippen LogP) is 6.03. The largest absolute Gasteiger partial charge is 0.507 e. The Morgan fingerprint density at radius 2 is 1.57 bits per heavy atom. The van der Waals surface area contributed by atoms with Crippen LogP contribution in [0.5, 0.6) is 0 Å². The van der Waals surface area contributed by atoms with Crippen LogP contribution in [0.4, 0.5) is 11.4 Å². The Bertz CT molecular complexity index is 1260. The molecule has 3 aromatic rings. The number of amides is 1. The molecule has 1 unspecified atom stereocenters. The summed E-state index contributed by atoms with van der Waals surface area (Å²) < 4.78 is 0. The molecule has 1 saturated heterocycles. The van der Waals surface area contributed by atoms with Gasteiger partial charge in [-0.3, -0.25) is 14.5 Å². The second-order valence-electron chi connectivity index (χ2n) is 8.82. The summed E-state index contributed by atoms with van der Waals surface area (Å²) in [6.07, 6.45) is 0.873. The topological polar surface area (TPSA) is 60.9 Å². The summed E-state index contributed by atoms with van der Waals surface area (Å²) in [4.78, 5) is 30.4. The van der Waals surface area contributed by atoms with Crippen molar-refractivity contribution in [2.75, 3.05) is 22.9 Å². The predicted molar refractivity (Wildman–Crippen MR) is 142 cm³/mol. The first-order chi connectivity index (χ1) is 16.9. The first kappa shape index (κ1) is 24.3. The van der Waals surface area contributed by atoms with Gasteiger partial charge in [0.2, 0.25) is 0 Å². The van der Waals surface area contributed by atoms with Gasteiger partial charge in [0, 0.05) is 30.0 Å². The molecule has 1 aliphatic heterocycles. The van der Waals surface area contributed by atoms with Crippen LogP contribution < -0.4 is 9.80 Å². The lowest BCUT2D eigenvalue weighted by atomic mass is 9.94. The number of anilines is 2. The number of nitrogens with zero attached hydrogens (tertiary/aromatic N) is 2. The van der Waals surface area contributed by atoms with Gasteiger partial charge in [0.15, 0.2) is 0 Å². The van der Waals surface area contributed by atoms with Gasteiger partial charge >= 0.3 is 0 Å². The van der Waals surface area contributed by atoms with Crippen molar-refractivity contribution < 1.29 is 14.7 Å². The molecule has 0 saturated carbocycles. The van der Waals surface area contributed by atoms with Gasteiger partial charge in [0.05, 0.1) is 11.6 Å². The lowest BCUT2D eigenvalue weighted by molar-refractivity contribution is -0.132.